The van der Waals surface area contributed by atoms with Gasteiger partial charge in [-0.3, -0.25) is 4.79 Å². The van der Waals surface area contributed by atoms with Crippen molar-refractivity contribution >= 4 is 17.4 Å². The van der Waals surface area contributed by atoms with Gasteiger partial charge in [-0.1, -0.05) is 23.8 Å². The number of quaternary nitrogens is 1. The molecule has 1 aliphatic heterocycles. The highest BCUT2D eigenvalue weighted by Crippen LogP contribution is 2.19. The van der Waals surface area contributed by atoms with E-state index in [1.165, 1.54) is 10.5 Å². The summed E-state index contributed by atoms with van der Waals surface area (Å²) in [5.74, 6) is 0.0660. The molecule has 0 saturated heterocycles. The standard InChI is InChI=1S/C21H21ClN2O/c1-23(2)20-9-5-16(6-10-20)17-11-13-24(14-12-17)15-21(25)18-3-7-19(22)8-4-18/h3-14,20H,15H2,1-2H3/p+1. The van der Waals surface area contributed by atoms with Gasteiger partial charge in [-0.05, 0) is 59.7 Å². The maximum absolute atomic E-state index is 12.3. The second kappa shape index (κ2) is 7.68. The topological polar surface area (TPSA) is 24.8 Å². The van der Waals surface area contributed by atoms with E-state index in [1.807, 2.05) is 29.5 Å². The van der Waals surface area contributed by atoms with E-state index >= 15 is 0 Å². The molecule has 1 aliphatic carbocycles. The lowest BCUT2D eigenvalue weighted by Crippen LogP contribution is -3.09. The van der Waals surface area contributed by atoms with Gasteiger partial charge in [0.25, 0.3) is 0 Å². The van der Waals surface area contributed by atoms with E-state index in [4.69, 9.17) is 11.6 Å². The number of hydrogen-bond donors (Lipinski definition) is 1. The quantitative estimate of drug-likeness (QED) is 0.842. The first kappa shape index (κ1) is 17.5. The monoisotopic (exact) mass is 353 g/mol. The number of likely N-dealkylation sites (N-methyl/N-ethyl adjacent to an activating group) is 1. The minimum atomic E-state index is 0.0660. The Labute approximate surface area is 153 Å². The molecule has 0 amide bonds. The Hall–Kier alpha value is -2.36. The van der Waals surface area contributed by atoms with Crippen molar-refractivity contribution in [1.29, 1.82) is 0 Å². The molecule has 1 aromatic carbocycles. The number of nitrogens with one attached hydrogen (secondary N) is 1. The molecule has 3 nitrogen and oxygen atoms in total. The summed E-state index contributed by atoms with van der Waals surface area (Å²) in [4.78, 5) is 15.6. The Morgan fingerprint density at radius 2 is 1.56 bits per heavy atom. The molecule has 0 aromatic heterocycles. The van der Waals surface area contributed by atoms with Gasteiger partial charge in [-0.25, -0.2) is 0 Å². The largest absolute Gasteiger partial charge is 0.347 e. The molecule has 128 valence electrons. The van der Waals surface area contributed by atoms with E-state index in [9.17, 15) is 4.79 Å². The minimum absolute atomic E-state index is 0.0660. The summed E-state index contributed by atoms with van der Waals surface area (Å²) in [5, 5.41) is 0.636. The number of allylic oxidation sites excluding steroid dienone is 6. The molecule has 0 bridgehead atoms. The van der Waals surface area contributed by atoms with Crippen molar-refractivity contribution in [2.24, 2.45) is 0 Å². The van der Waals surface area contributed by atoms with Gasteiger partial charge in [0.05, 0.1) is 20.6 Å². The van der Waals surface area contributed by atoms with E-state index in [2.05, 4.69) is 38.4 Å². The summed E-state index contributed by atoms with van der Waals surface area (Å²) in [6.45, 7) is 0.314. The maximum Gasteiger partial charge on any atom is 0.182 e. The van der Waals surface area contributed by atoms with Crippen LogP contribution in [0.1, 0.15) is 10.4 Å². The van der Waals surface area contributed by atoms with Gasteiger partial charge in [0.2, 0.25) is 0 Å². The molecule has 0 atom stereocenters. The lowest BCUT2D eigenvalue weighted by Gasteiger charge is -2.20. The Kier molecular flexibility index (Phi) is 5.37. The molecule has 4 heteroatoms. The van der Waals surface area contributed by atoms with Crippen molar-refractivity contribution in [1.82, 2.24) is 4.90 Å². The fraction of sp³-hybridized carbons (Fsp3) is 0.190. The zero-order chi connectivity index (χ0) is 17.8. The second-order valence-corrected chi connectivity index (χ2v) is 6.90. The van der Waals surface area contributed by atoms with Crippen LogP contribution in [-0.2, 0) is 0 Å². The van der Waals surface area contributed by atoms with Crippen molar-refractivity contribution in [3.8, 4) is 0 Å². The van der Waals surface area contributed by atoms with Crippen LogP contribution in [-0.4, -0.2) is 37.4 Å². The van der Waals surface area contributed by atoms with Crippen LogP contribution in [0.2, 0.25) is 5.02 Å². The summed E-state index contributed by atoms with van der Waals surface area (Å²) in [7, 11) is 4.29. The van der Waals surface area contributed by atoms with E-state index in [0.29, 0.717) is 23.2 Å². The number of halogens is 1. The molecule has 3 rings (SSSR count). The fourth-order valence-corrected chi connectivity index (χ4v) is 2.89. The zero-order valence-corrected chi connectivity index (χ0v) is 15.2. The highest BCUT2D eigenvalue weighted by atomic mass is 35.5. The molecular formula is C21H22ClN2O+. The predicted molar refractivity (Wildman–Crippen MR) is 103 cm³/mol. The van der Waals surface area contributed by atoms with Crippen molar-refractivity contribution < 1.29 is 9.69 Å². The summed E-state index contributed by atoms with van der Waals surface area (Å²) in [6.07, 6.45) is 16.7. The Bertz CT molecular complexity index is 766. The van der Waals surface area contributed by atoms with Gasteiger partial charge >= 0.3 is 0 Å². The molecule has 0 radical (unpaired) electrons. The van der Waals surface area contributed by atoms with Crippen molar-refractivity contribution in [3.63, 3.8) is 0 Å². The van der Waals surface area contributed by atoms with Crippen LogP contribution in [0, 0.1) is 0 Å². The molecule has 0 spiro atoms. The Morgan fingerprint density at radius 1 is 1.00 bits per heavy atom. The minimum Gasteiger partial charge on any atom is -0.347 e. The SMILES string of the molecule is C[NH+](C)C1C=CC(=C2C=CN(CC(=O)c3ccc(Cl)cc3)C=C2)C=C1. The van der Waals surface area contributed by atoms with Crippen LogP contribution in [0.4, 0.5) is 0 Å². The smallest absolute Gasteiger partial charge is 0.182 e. The Balaban J connectivity index is 1.64. The lowest BCUT2D eigenvalue weighted by atomic mass is 9.99. The highest BCUT2D eigenvalue weighted by Gasteiger charge is 2.13. The first-order valence-electron chi connectivity index (χ1n) is 8.34. The van der Waals surface area contributed by atoms with Gasteiger partial charge in [0.15, 0.2) is 5.78 Å². The fourth-order valence-electron chi connectivity index (χ4n) is 2.76. The van der Waals surface area contributed by atoms with Crippen LogP contribution < -0.4 is 4.90 Å². The van der Waals surface area contributed by atoms with Crippen molar-refractivity contribution in [2.75, 3.05) is 20.6 Å². The number of ketones is 1. The number of Topliss-reactive ketones (excluding diaryl/α,β-unsaturated/α-hetero) is 1. The summed E-state index contributed by atoms with van der Waals surface area (Å²) >= 11 is 5.86. The van der Waals surface area contributed by atoms with E-state index < -0.39 is 0 Å². The van der Waals surface area contributed by atoms with Crippen LogP contribution in [0.25, 0.3) is 0 Å². The molecule has 1 N–H and O–H groups in total. The van der Waals surface area contributed by atoms with Crippen LogP contribution in [0.5, 0.6) is 0 Å². The number of rotatable bonds is 4. The number of benzene rings is 1. The number of carbonyl (C=O) groups is 1. The van der Waals surface area contributed by atoms with Gasteiger partial charge < -0.3 is 9.80 Å². The van der Waals surface area contributed by atoms with Crippen molar-refractivity contribution in [2.45, 2.75) is 6.04 Å². The number of hydrogen-bond acceptors (Lipinski definition) is 2. The third kappa shape index (κ3) is 4.38. The summed E-state index contributed by atoms with van der Waals surface area (Å²) in [5.41, 5.74) is 3.01. The molecule has 0 fully saturated rings. The predicted octanol–water partition coefficient (Wildman–Crippen LogP) is 2.80. The molecule has 1 heterocycles. The number of carbonyl (C=O) groups excluding carboxylic acids is 1. The second-order valence-electron chi connectivity index (χ2n) is 6.47. The third-order valence-corrected chi connectivity index (χ3v) is 4.60. The van der Waals surface area contributed by atoms with Crippen LogP contribution in [0.15, 0.2) is 84.3 Å². The van der Waals surface area contributed by atoms with Gasteiger partial charge in [-0.15, -0.1) is 0 Å². The van der Waals surface area contributed by atoms with Crippen molar-refractivity contribution in [3.05, 3.63) is 94.9 Å². The van der Waals surface area contributed by atoms with Gasteiger partial charge in [0.1, 0.15) is 6.04 Å². The number of nitrogens with zero attached hydrogens (tertiary/aromatic N) is 1. The van der Waals surface area contributed by atoms with E-state index in [-0.39, 0.29) is 5.78 Å². The average molecular weight is 354 g/mol. The van der Waals surface area contributed by atoms with Gasteiger partial charge in [0, 0.05) is 23.0 Å². The highest BCUT2D eigenvalue weighted by molar-refractivity contribution is 6.30. The first-order valence-corrected chi connectivity index (χ1v) is 8.72. The van der Waals surface area contributed by atoms with Crippen LogP contribution in [0.3, 0.4) is 0 Å². The first-order chi connectivity index (χ1) is 12.0. The van der Waals surface area contributed by atoms with E-state index in [1.54, 1.807) is 24.3 Å². The molecule has 1 aromatic rings. The maximum atomic E-state index is 12.3. The van der Waals surface area contributed by atoms with Gasteiger partial charge in [-0.2, -0.15) is 0 Å². The average Bonchev–Trinajstić information content (AvgIpc) is 2.63. The third-order valence-electron chi connectivity index (χ3n) is 4.35. The van der Waals surface area contributed by atoms with Crippen LogP contribution >= 0.6 is 11.6 Å². The molecule has 0 saturated carbocycles. The molecule has 2 aliphatic rings. The Morgan fingerprint density at radius 3 is 2.12 bits per heavy atom. The summed E-state index contributed by atoms with van der Waals surface area (Å²) < 4.78 is 0. The molecule has 0 unspecified atom stereocenters. The van der Waals surface area contributed by atoms with E-state index in [0.717, 1.165) is 5.57 Å². The molecule has 25 heavy (non-hydrogen) atoms. The lowest BCUT2D eigenvalue weighted by molar-refractivity contribution is -0.871. The zero-order valence-electron chi connectivity index (χ0n) is 14.4. The normalized spacial score (nSPS) is 19.2. The summed E-state index contributed by atoms with van der Waals surface area (Å²) in [6, 6.07) is 7.43. The molecular weight excluding hydrogens is 332 g/mol.